The first kappa shape index (κ1) is 21.4. The Hall–Kier alpha value is -3.79. The van der Waals surface area contributed by atoms with Crippen LogP contribution >= 0.6 is 11.3 Å². The lowest BCUT2D eigenvalue weighted by atomic mass is 10.0. The maximum Gasteiger partial charge on any atom is 0.265 e. The maximum atomic E-state index is 13.2. The first-order valence-electron chi connectivity index (χ1n) is 9.77. The highest BCUT2D eigenvalue weighted by atomic mass is 32.1. The minimum Gasteiger partial charge on any atom is -0.482 e. The van der Waals surface area contributed by atoms with Crippen molar-refractivity contribution < 1.29 is 19.1 Å². The zero-order valence-corrected chi connectivity index (χ0v) is 18.3. The van der Waals surface area contributed by atoms with Crippen LogP contribution in [0.15, 0.2) is 42.0 Å². The number of fused-ring (bicyclic) bond motifs is 2. The van der Waals surface area contributed by atoms with E-state index in [2.05, 4.69) is 11.6 Å². The van der Waals surface area contributed by atoms with Crippen molar-refractivity contribution in [1.82, 2.24) is 9.55 Å². The third kappa shape index (κ3) is 3.38. The summed E-state index contributed by atoms with van der Waals surface area (Å²) in [7, 11) is 0. The molecule has 0 saturated heterocycles. The molecule has 32 heavy (non-hydrogen) atoms. The Morgan fingerprint density at radius 2 is 2.12 bits per heavy atom. The molecule has 3 aromatic rings. The van der Waals surface area contributed by atoms with E-state index in [9.17, 15) is 19.2 Å². The van der Waals surface area contributed by atoms with Gasteiger partial charge in [0, 0.05) is 12.1 Å². The number of hydrogen-bond donors (Lipinski definition) is 1. The lowest BCUT2D eigenvalue weighted by Gasteiger charge is -2.29. The molecule has 2 aromatic heterocycles. The molecule has 0 saturated carbocycles. The van der Waals surface area contributed by atoms with Crippen molar-refractivity contribution in [2.24, 2.45) is 5.73 Å². The van der Waals surface area contributed by atoms with Gasteiger partial charge in [0.15, 0.2) is 12.4 Å². The largest absolute Gasteiger partial charge is 0.482 e. The second-order valence-electron chi connectivity index (χ2n) is 7.36. The summed E-state index contributed by atoms with van der Waals surface area (Å²) in [4.78, 5) is 56.6. The highest BCUT2D eigenvalue weighted by molar-refractivity contribution is 7.20. The lowest BCUT2D eigenvalue weighted by molar-refractivity contribution is -0.121. The monoisotopic (exact) mass is 452 g/mol. The van der Waals surface area contributed by atoms with Crippen molar-refractivity contribution in [3.05, 3.63) is 63.5 Å². The van der Waals surface area contributed by atoms with Gasteiger partial charge in [0.25, 0.3) is 17.4 Å². The molecule has 0 radical (unpaired) electrons. The molecule has 164 valence electrons. The van der Waals surface area contributed by atoms with Gasteiger partial charge in [-0.3, -0.25) is 23.7 Å². The third-order valence-corrected chi connectivity index (χ3v) is 6.61. The molecule has 3 heterocycles. The SMILES string of the molecule is C=CCN1C(=O)COc2ccc(C(=O)C(C)n3cnc4sc(C(N)=O)c(C)c4c3=O)cc21. The van der Waals surface area contributed by atoms with Crippen LogP contribution < -0.4 is 20.9 Å². The van der Waals surface area contributed by atoms with Crippen molar-refractivity contribution >= 4 is 44.8 Å². The van der Waals surface area contributed by atoms with Crippen LogP contribution in [0, 0.1) is 6.92 Å². The van der Waals surface area contributed by atoms with Crippen LogP contribution in [0.4, 0.5) is 5.69 Å². The van der Waals surface area contributed by atoms with Gasteiger partial charge in [-0.2, -0.15) is 0 Å². The fraction of sp³-hybridized carbons (Fsp3) is 0.227. The molecule has 1 unspecified atom stereocenters. The number of carbonyl (C=O) groups excluding carboxylic acids is 3. The maximum absolute atomic E-state index is 13.2. The van der Waals surface area contributed by atoms with E-state index in [1.807, 2.05) is 0 Å². The second kappa shape index (κ2) is 8.04. The number of rotatable bonds is 6. The number of aromatic nitrogens is 2. The van der Waals surface area contributed by atoms with Crippen molar-refractivity contribution in [2.75, 3.05) is 18.1 Å². The number of ether oxygens (including phenoxy) is 1. The van der Waals surface area contributed by atoms with E-state index in [1.54, 1.807) is 38.1 Å². The normalized spacial score (nSPS) is 14.1. The van der Waals surface area contributed by atoms with E-state index in [0.717, 1.165) is 11.3 Å². The summed E-state index contributed by atoms with van der Waals surface area (Å²) in [6.45, 7) is 7.09. The number of thiophene rings is 1. The number of ketones is 1. The molecule has 1 atom stereocenters. The van der Waals surface area contributed by atoms with Crippen molar-refractivity contribution in [3.63, 3.8) is 0 Å². The van der Waals surface area contributed by atoms with Gasteiger partial charge in [-0.1, -0.05) is 6.08 Å². The van der Waals surface area contributed by atoms with Crippen LogP contribution in [0.25, 0.3) is 10.2 Å². The fourth-order valence-corrected chi connectivity index (χ4v) is 4.69. The molecule has 10 heteroatoms. The molecule has 2 N–H and O–H groups in total. The number of anilines is 1. The van der Waals surface area contributed by atoms with E-state index in [4.69, 9.17) is 10.5 Å². The molecule has 1 aliphatic heterocycles. The quantitative estimate of drug-likeness (QED) is 0.452. The highest BCUT2D eigenvalue weighted by Crippen LogP contribution is 2.34. The molecule has 0 bridgehead atoms. The average Bonchev–Trinajstić information content (AvgIpc) is 3.12. The van der Waals surface area contributed by atoms with Gasteiger partial charge in [-0.05, 0) is 37.6 Å². The number of nitrogens with zero attached hydrogens (tertiary/aromatic N) is 3. The summed E-state index contributed by atoms with van der Waals surface area (Å²) < 4.78 is 6.69. The molecule has 1 aromatic carbocycles. The summed E-state index contributed by atoms with van der Waals surface area (Å²) in [6, 6.07) is 3.93. The van der Waals surface area contributed by atoms with Crippen LogP contribution in [-0.4, -0.2) is 40.3 Å². The molecular weight excluding hydrogens is 432 g/mol. The number of hydrogen-bond acceptors (Lipinski definition) is 7. The summed E-state index contributed by atoms with van der Waals surface area (Å²) in [5.74, 6) is -0.714. The van der Waals surface area contributed by atoms with Gasteiger partial charge in [-0.25, -0.2) is 4.98 Å². The van der Waals surface area contributed by atoms with Gasteiger partial charge >= 0.3 is 0 Å². The summed E-state index contributed by atoms with van der Waals surface area (Å²) in [5, 5.41) is 0.271. The van der Waals surface area contributed by atoms with Crippen LogP contribution in [-0.2, 0) is 4.79 Å². The molecule has 0 aliphatic carbocycles. The smallest absolute Gasteiger partial charge is 0.265 e. The molecule has 0 fully saturated rings. The molecule has 4 rings (SSSR count). The predicted octanol–water partition coefficient (Wildman–Crippen LogP) is 2.22. The molecule has 1 aliphatic rings. The average molecular weight is 452 g/mol. The zero-order chi connectivity index (χ0) is 23.2. The fourth-order valence-electron chi connectivity index (χ4n) is 3.70. The Morgan fingerprint density at radius 1 is 1.38 bits per heavy atom. The Balaban J connectivity index is 1.74. The number of amides is 2. The molecule has 0 spiro atoms. The Morgan fingerprint density at radius 3 is 2.81 bits per heavy atom. The second-order valence-corrected chi connectivity index (χ2v) is 8.36. The minimum absolute atomic E-state index is 0.0844. The number of primary amides is 1. The number of nitrogens with two attached hydrogens (primary N) is 1. The number of Topliss-reactive ketones (excluding diaryl/α,β-unsaturated/α-hetero) is 1. The van der Waals surface area contributed by atoms with Gasteiger partial charge in [0.05, 0.1) is 28.3 Å². The van der Waals surface area contributed by atoms with Crippen molar-refractivity contribution in [3.8, 4) is 5.75 Å². The third-order valence-electron chi connectivity index (χ3n) is 5.39. The van der Waals surface area contributed by atoms with Gasteiger partial charge in [0.2, 0.25) is 0 Å². The lowest BCUT2D eigenvalue weighted by Crippen LogP contribution is -2.39. The summed E-state index contributed by atoms with van der Waals surface area (Å²) in [5.41, 5.74) is 6.20. The summed E-state index contributed by atoms with van der Waals surface area (Å²) in [6.07, 6.45) is 2.89. The number of benzene rings is 1. The van der Waals surface area contributed by atoms with Crippen LogP contribution in [0.3, 0.4) is 0 Å². The van der Waals surface area contributed by atoms with Gasteiger partial charge in [-0.15, -0.1) is 17.9 Å². The Bertz CT molecular complexity index is 1360. The topological polar surface area (TPSA) is 125 Å². The zero-order valence-electron chi connectivity index (χ0n) is 17.5. The van der Waals surface area contributed by atoms with E-state index in [1.165, 1.54) is 15.8 Å². The Kier molecular flexibility index (Phi) is 5.39. The minimum atomic E-state index is -0.873. The molecule has 9 nitrogen and oxygen atoms in total. The number of aryl methyl sites for hydroxylation is 1. The van der Waals surface area contributed by atoms with E-state index < -0.39 is 17.5 Å². The first-order valence-corrected chi connectivity index (χ1v) is 10.6. The van der Waals surface area contributed by atoms with E-state index >= 15 is 0 Å². The van der Waals surface area contributed by atoms with Crippen LogP contribution in [0.2, 0.25) is 0 Å². The standard InChI is InChI=1S/C22H20N4O5S/c1-4-7-25-14-8-13(5-6-15(14)31-9-16(25)27)18(28)12(3)26-10-24-21-17(22(26)30)11(2)19(32-21)20(23)29/h4-6,8,10,12H,1,7,9H2,2-3H3,(H2,23,29). The van der Waals surface area contributed by atoms with E-state index in [-0.39, 0.29) is 35.1 Å². The first-order chi connectivity index (χ1) is 15.2. The summed E-state index contributed by atoms with van der Waals surface area (Å²) >= 11 is 1.05. The van der Waals surface area contributed by atoms with Crippen LogP contribution in [0.5, 0.6) is 5.75 Å². The van der Waals surface area contributed by atoms with Crippen molar-refractivity contribution in [2.45, 2.75) is 19.9 Å². The van der Waals surface area contributed by atoms with Crippen LogP contribution in [0.1, 0.15) is 38.6 Å². The van der Waals surface area contributed by atoms with E-state index in [0.29, 0.717) is 27.4 Å². The van der Waals surface area contributed by atoms with Gasteiger partial charge < -0.3 is 15.4 Å². The highest BCUT2D eigenvalue weighted by Gasteiger charge is 2.28. The molecular formula is C22H20N4O5S. The molecule has 2 amide bonds. The number of carbonyl (C=O) groups is 3. The Labute approximate surface area is 186 Å². The van der Waals surface area contributed by atoms with Gasteiger partial charge in [0.1, 0.15) is 10.6 Å². The van der Waals surface area contributed by atoms with Crippen molar-refractivity contribution in [1.29, 1.82) is 0 Å². The predicted molar refractivity (Wildman–Crippen MR) is 121 cm³/mol.